The highest BCUT2D eigenvalue weighted by molar-refractivity contribution is 7.09. The second-order valence-corrected chi connectivity index (χ2v) is 10.1. The predicted molar refractivity (Wildman–Crippen MR) is 158 cm³/mol. The first-order valence-corrected chi connectivity index (χ1v) is 13.7. The number of carbonyl (C=O) groups is 3. The van der Waals surface area contributed by atoms with Gasteiger partial charge in [-0.2, -0.15) is 0 Å². The van der Waals surface area contributed by atoms with E-state index in [9.17, 15) is 24.6 Å². The average molecular weight is 580 g/mol. The average Bonchev–Trinajstić information content (AvgIpc) is 3.49. The monoisotopic (exact) mass is 579 g/mol. The van der Waals surface area contributed by atoms with Gasteiger partial charge in [-0.25, -0.2) is 9.78 Å². The number of benzene rings is 4. The molecule has 210 valence electrons. The van der Waals surface area contributed by atoms with Crippen LogP contribution >= 0.6 is 11.3 Å². The number of thiazole rings is 1. The van der Waals surface area contributed by atoms with Gasteiger partial charge >= 0.3 is 5.97 Å². The molecule has 2 amide bonds. The van der Waals surface area contributed by atoms with Crippen LogP contribution in [0.5, 0.6) is 17.2 Å². The third-order valence-electron chi connectivity index (χ3n) is 6.22. The number of para-hydroxylation sites is 1. The maximum Gasteiger partial charge on any atom is 0.339 e. The van der Waals surface area contributed by atoms with Crippen molar-refractivity contribution in [3.05, 3.63) is 136 Å². The van der Waals surface area contributed by atoms with E-state index < -0.39 is 17.6 Å². The lowest BCUT2D eigenvalue weighted by Gasteiger charge is -2.22. The molecule has 0 aliphatic carbocycles. The zero-order valence-corrected chi connectivity index (χ0v) is 23.0. The van der Waals surface area contributed by atoms with Crippen LogP contribution in [0.1, 0.15) is 41.8 Å². The minimum atomic E-state index is -1.33. The first-order chi connectivity index (χ1) is 20.4. The highest BCUT2D eigenvalue weighted by Gasteiger charge is 2.23. The Morgan fingerprint density at radius 2 is 1.52 bits per heavy atom. The second kappa shape index (κ2) is 12.8. The lowest BCUT2D eigenvalue weighted by molar-refractivity contribution is 0.0693. The Balaban J connectivity index is 1.27. The molecule has 0 atom stereocenters. The van der Waals surface area contributed by atoms with Crippen LogP contribution in [0.3, 0.4) is 0 Å². The Morgan fingerprint density at radius 1 is 0.857 bits per heavy atom. The van der Waals surface area contributed by atoms with Crippen molar-refractivity contribution in [2.75, 3.05) is 4.90 Å². The molecule has 42 heavy (non-hydrogen) atoms. The van der Waals surface area contributed by atoms with E-state index in [0.717, 1.165) is 11.3 Å². The standard InChI is InChI=1S/C32H25N3O6S/c36-28-16-13-23(17-26(28)32(39)40)35(31(38)22-7-3-1-4-8-22)19-29-34-27(20-42-29)30(37)33-18-21-11-14-25(15-12-21)41-24-9-5-2-6-10-24/h1-17,20,36H,18-19H2,(H,33,37)(H,39,40). The lowest BCUT2D eigenvalue weighted by atomic mass is 10.1. The molecule has 0 unspecified atom stereocenters. The largest absolute Gasteiger partial charge is 0.507 e. The van der Waals surface area contributed by atoms with Crippen molar-refractivity contribution in [2.45, 2.75) is 13.1 Å². The SMILES string of the molecule is O=C(NCc1ccc(Oc2ccccc2)cc1)c1csc(CN(C(=O)c2ccccc2)c2ccc(O)c(C(=O)O)c2)n1. The molecule has 10 heteroatoms. The van der Waals surface area contributed by atoms with Gasteiger partial charge in [0.15, 0.2) is 0 Å². The van der Waals surface area contributed by atoms with Crippen LogP contribution in [-0.4, -0.2) is 33.0 Å². The van der Waals surface area contributed by atoms with Crippen LogP contribution in [0.2, 0.25) is 0 Å². The van der Waals surface area contributed by atoms with E-state index in [0.29, 0.717) is 16.3 Å². The van der Waals surface area contributed by atoms with Crippen molar-refractivity contribution in [3.63, 3.8) is 0 Å². The molecule has 4 aromatic carbocycles. The summed E-state index contributed by atoms with van der Waals surface area (Å²) in [4.78, 5) is 43.7. The van der Waals surface area contributed by atoms with Gasteiger partial charge in [0, 0.05) is 23.2 Å². The number of carboxylic acids is 1. The zero-order chi connectivity index (χ0) is 29.5. The first-order valence-electron chi connectivity index (χ1n) is 12.8. The van der Waals surface area contributed by atoms with E-state index in [1.807, 2.05) is 54.6 Å². The summed E-state index contributed by atoms with van der Waals surface area (Å²) >= 11 is 1.20. The topological polar surface area (TPSA) is 129 Å². The van der Waals surface area contributed by atoms with E-state index in [4.69, 9.17) is 4.74 Å². The third kappa shape index (κ3) is 6.80. The van der Waals surface area contributed by atoms with Gasteiger partial charge in [0.2, 0.25) is 0 Å². The lowest BCUT2D eigenvalue weighted by Crippen LogP contribution is -2.30. The molecule has 0 saturated heterocycles. The molecule has 0 fully saturated rings. The van der Waals surface area contributed by atoms with Gasteiger partial charge in [0.1, 0.15) is 33.5 Å². The van der Waals surface area contributed by atoms with E-state index in [-0.39, 0.29) is 35.9 Å². The third-order valence-corrected chi connectivity index (χ3v) is 7.05. The number of nitrogens with one attached hydrogen (secondary N) is 1. The van der Waals surface area contributed by atoms with Crippen molar-refractivity contribution in [1.29, 1.82) is 0 Å². The molecule has 0 bridgehead atoms. The number of carboxylic acid groups (broad SMARTS) is 1. The Kier molecular flexibility index (Phi) is 8.55. The normalized spacial score (nSPS) is 10.6. The number of aromatic nitrogens is 1. The summed E-state index contributed by atoms with van der Waals surface area (Å²) in [7, 11) is 0. The van der Waals surface area contributed by atoms with Crippen LogP contribution in [0.15, 0.2) is 109 Å². The number of hydrogen-bond donors (Lipinski definition) is 3. The molecular weight excluding hydrogens is 554 g/mol. The van der Waals surface area contributed by atoms with Gasteiger partial charge in [-0.1, -0.05) is 48.5 Å². The summed E-state index contributed by atoms with van der Waals surface area (Å²) in [6.07, 6.45) is 0. The van der Waals surface area contributed by atoms with E-state index in [1.54, 1.807) is 35.7 Å². The number of nitrogens with zero attached hydrogens (tertiary/aromatic N) is 2. The highest BCUT2D eigenvalue weighted by atomic mass is 32.1. The summed E-state index contributed by atoms with van der Waals surface area (Å²) < 4.78 is 5.80. The molecule has 0 aliphatic heterocycles. The van der Waals surface area contributed by atoms with Crippen LogP contribution < -0.4 is 15.0 Å². The molecule has 5 rings (SSSR count). The molecule has 9 nitrogen and oxygen atoms in total. The Morgan fingerprint density at radius 3 is 2.21 bits per heavy atom. The maximum atomic E-state index is 13.4. The number of ether oxygens (including phenoxy) is 1. The highest BCUT2D eigenvalue weighted by Crippen LogP contribution is 2.28. The Bertz CT molecular complexity index is 1710. The fourth-order valence-corrected chi connectivity index (χ4v) is 4.84. The quantitative estimate of drug-likeness (QED) is 0.182. The summed E-state index contributed by atoms with van der Waals surface area (Å²) in [6, 6.07) is 29.2. The number of anilines is 1. The van der Waals surface area contributed by atoms with Gasteiger partial charge in [0.25, 0.3) is 11.8 Å². The minimum absolute atomic E-state index is 0.0155. The number of hydrogen-bond acceptors (Lipinski definition) is 7. The van der Waals surface area contributed by atoms with Gasteiger partial charge in [0.05, 0.1) is 6.54 Å². The van der Waals surface area contributed by atoms with Gasteiger partial charge in [-0.3, -0.25) is 9.59 Å². The number of rotatable bonds is 10. The van der Waals surface area contributed by atoms with Crippen molar-refractivity contribution < 1.29 is 29.3 Å². The second-order valence-electron chi connectivity index (χ2n) is 9.13. The zero-order valence-electron chi connectivity index (χ0n) is 22.1. The first kappa shape index (κ1) is 28.1. The fraction of sp³-hybridized carbons (Fsp3) is 0.0625. The predicted octanol–water partition coefficient (Wildman–Crippen LogP) is 6.12. The smallest absolute Gasteiger partial charge is 0.339 e. The fourth-order valence-electron chi connectivity index (χ4n) is 4.08. The number of aromatic hydroxyl groups is 1. The number of phenols is 1. The van der Waals surface area contributed by atoms with Gasteiger partial charge in [-0.05, 0) is 60.2 Å². The Hall–Kier alpha value is -5.48. The summed E-state index contributed by atoms with van der Waals surface area (Å²) in [5.41, 5.74) is 1.39. The van der Waals surface area contributed by atoms with Crippen molar-refractivity contribution in [2.24, 2.45) is 0 Å². The molecule has 1 aromatic heterocycles. The summed E-state index contributed by atoms with van der Waals surface area (Å²) in [5.74, 6) is -1.09. The number of aromatic carboxylic acids is 1. The molecule has 0 saturated carbocycles. The maximum absolute atomic E-state index is 13.4. The molecule has 0 aliphatic rings. The van der Waals surface area contributed by atoms with Gasteiger partial charge in [-0.15, -0.1) is 11.3 Å². The van der Waals surface area contributed by atoms with Crippen LogP contribution in [-0.2, 0) is 13.1 Å². The van der Waals surface area contributed by atoms with Crippen molar-refractivity contribution in [3.8, 4) is 17.2 Å². The molecule has 5 aromatic rings. The van der Waals surface area contributed by atoms with E-state index >= 15 is 0 Å². The number of amides is 2. The number of carbonyl (C=O) groups excluding carboxylic acids is 2. The van der Waals surface area contributed by atoms with Crippen LogP contribution in [0, 0.1) is 0 Å². The molecular formula is C32H25N3O6S. The molecule has 3 N–H and O–H groups in total. The molecule has 0 radical (unpaired) electrons. The van der Waals surface area contributed by atoms with Crippen molar-refractivity contribution >= 4 is 34.8 Å². The molecule has 1 heterocycles. The Labute approximate surface area is 245 Å². The minimum Gasteiger partial charge on any atom is -0.507 e. The van der Waals surface area contributed by atoms with Crippen LogP contribution in [0.4, 0.5) is 5.69 Å². The summed E-state index contributed by atoms with van der Waals surface area (Å²) in [5, 5.41) is 24.3. The van der Waals surface area contributed by atoms with Gasteiger partial charge < -0.3 is 25.2 Å². The molecule has 0 spiro atoms. The summed E-state index contributed by atoms with van der Waals surface area (Å²) in [6.45, 7) is 0.264. The van der Waals surface area contributed by atoms with Crippen molar-refractivity contribution in [1.82, 2.24) is 10.3 Å². The van der Waals surface area contributed by atoms with E-state index in [2.05, 4.69) is 10.3 Å². The van der Waals surface area contributed by atoms with E-state index in [1.165, 1.54) is 34.4 Å². The van der Waals surface area contributed by atoms with Crippen LogP contribution in [0.25, 0.3) is 0 Å².